The maximum absolute atomic E-state index is 13.1. The maximum Gasteiger partial charge on any atom is 0.222 e. The van der Waals surface area contributed by atoms with Gasteiger partial charge in [0.05, 0.1) is 4.90 Å². The van der Waals surface area contributed by atoms with Gasteiger partial charge in [0.15, 0.2) is 0 Å². The lowest BCUT2D eigenvalue weighted by Gasteiger charge is -2.13. The fraction of sp³-hybridized carbons (Fsp3) is 0.0870. The molecule has 1 N–H and O–H groups in total. The predicted molar refractivity (Wildman–Crippen MR) is 112 cm³/mol. The second-order valence-electron chi connectivity index (χ2n) is 6.48. The molecule has 0 saturated carbocycles. The molecule has 0 spiro atoms. The number of carbonyl (C=O) groups excluding carboxylic acids is 1. The highest BCUT2D eigenvalue weighted by Crippen LogP contribution is 2.27. The minimum atomic E-state index is -3.85. The first-order valence-corrected chi connectivity index (χ1v) is 10.3. The molecule has 0 unspecified atom stereocenters. The van der Waals surface area contributed by atoms with Crippen molar-refractivity contribution in [2.45, 2.75) is 18.7 Å². The fourth-order valence-electron chi connectivity index (χ4n) is 2.95. The van der Waals surface area contributed by atoms with Crippen LogP contribution in [0.1, 0.15) is 18.1 Å². The largest absolute Gasteiger partial charge is 0.319 e. The van der Waals surface area contributed by atoms with Crippen molar-refractivity contribution in [1.82, 2.24) is 5.32 Å². The molecule has 0 saturated heterocycles. The van der Waals surface area contributed by atoms with Crippen LogP contribution >= 0.6 is 0 Å². The first kappa shape index (κ1) is 19.6. The molecule has 5 heteroatoms. The average Bonchev–Trinajstić information content (AvgIpc) is 2.72. The highest BCUT2D eigenvalue weighted by molar-refractivity contribution is 7.95. The fourth-order valence-corrected chi connectivity index (χ4v) is 4.40. The number of carbonyl (C=O) groups is 1. The van der Waals surface area contributed by atoms with E-state index in [1.165, 1.54) is 0 Å². The van der Waals surface area contributed by atoms with Gasteiger partial charge in [0.1, 0.15) is 5.03 Å². The van der Waals surface area contributed by atoms with Crippen LogP contribution in [0, 0.1) is 6.92 Å². The monoisotopic (exact) mass is 391 g/mol. The molecule has 1 amide bonds. The summed E-state index contributed by atoms with van der Waals surface area (Å²) in [6.45, 7) is 3.57. The van der Waals surface area contributed by atoms with Gasteiger partial charge >= 0.3 is 0 Å². The van der Waals surface area contributed by atoms with Gasteiger partial charge in [0.25, 0.3) is 0 Å². The van der Waals surface area contributed by atoms with Crippen LogP contribution in [0.25, 0.3) is 16.7 Å². The van der Waals surface area contributed by atoms with Crippen LogP contribution < -0.4 is 5.32 Å². The van der Waals surface area contributed by atoms with Crippen LogP contribution in [-0.4, -0.2) is 14.8 Å². The van der Waals surface area contributed by atoms with Crippen molar-refractivity contribution in [3.05, 3.63) is 95.0 Å². The first-order valence-electron chi connectivity index (χ1n) is 8.82. The molecule has 0 aliphatic carbocycles. The highest BCUT2D eigenvalue weighted by atomic mass is 32.2. The molecule has 0 radical (unpaired) electrons. The molecule has 4 nitrogen and oxygen atoms in total. The van der Waals surface area contributed by atoms with Crippen LogP contribution in [0.4, 0.5) is 0 Å². The molecule has 3 aromatic rings. The van der Waals surface area contributed by atoms with Gasteiger partial charge in [-0.1, -0.05) is 72.3 Å². The van der Waals surface area contributed by atoms with Crippen LogP contribution in [0.3, 0.4) is 0 Å². The molecule has 0 bridgehead atoms. The lowest BCUT2D eigenvalue weighted by Crippen LogP contribution is -2.21. The summed E-state index contributed by atoms with van der Waals surface area (Å²) >= 11 is 0. The summed E-state index contributed by atoms with van der Waals surface area (Å²) < 4.78 is 26.1. The molecule has 28 heavy (non-hydrogen) atoms. The lowest BCUT2D eigenvalue weighted by molar-refractivity contribution is -0.108. The Morgan fingerprint density at radius 1 is 0.821 bits per heavy atom. The van der Waals surface area contributed by atoms with E-state index < -0.39 is 9.84 Å². The quantitative estimate of drug-likeness (QED) is 0.626. The molecule has 0 aliphatic rings. The normalized spacial score (nSPS) is 12.2. The Morgan fingerprint density at radius 2 is 1.39 bits per heavy atom. The zero-order valence-corrected chi connectivity index (χ0v) is 16.5. The molecule has 0 aliphatic heterocycles. The summed E-state index contributed by atoms with van der Waals surface area (Å²) in [6, 6.07) is 24.1. The summed E-state index contributed by atoms with van der Waals surface area (Å²) in [6.07, 6.45) is 0.392. The van der Waals surface area contributed by atoms with E-state index in [0.717, 1.165) is 22.3 Å². The van der Waals surface area contributed by atoms with E-state index in [1.54, 1.807) is 31.2 Å². The standard InChI is InChI=1S/C23H21NO3S/c1-17-8-14-22(15-9-17)28(26,27)23(24-16-25)18(2)19-10-12-21(13-11-19)20-6-4-3-5-7-20/h3-16H,1-2H3,(H,24,25)/b23-18-. The number of allylic oxidation sites excluding steroid dienone is 1. The van der Waals surface area contributed by atoms with Crippen molar-refractivity contribution in [2.75, 3.05) is 0 Å². The SMILES string of the molecule is C/C(=C(\NC=O)S(=O)(=O)c1ccc(C)cc1)c1ccc(-c2ccccc2)cc1. The zero-order chi connectivity index (χ0) is 20.1. The third kappa shape index (κ3) is 4.05. The van der Waals surface area contributed by atoms with E-state index in [4.69, 9.17) is 0 Å². The summed E-state index contributed by atoms with van der Waals surface area (Å²) in [5.41, 5.74) is 4.27. The number of benzene rings is 3. The molecule has 3 rings (SSSR count). The zero-order valence-electron chi connectivity index (χ0n) is 15.7. The number of nitrogens with one attached hydrogen (secondary N) is 1. The minimum absolute atomic E-state index is 0.112. The Labute approximate surface area is 165 Å². The van der Waals surface area contributed by atoms with Crippen molar-refractivity contribution < 1.29 is 13.2 Å². The van der Waals surface area contributed by atoms with E-state index >= 15 is 0 Å². The Hall–Kier alpha value is -3.18. The van der Waals surface area contributed by atoms with Crippen LogP contribution in [0.5, 0.6) is 0 Å². The maximum atomic E-state index is 13.1. The van der Waals surface area contributed by atoms with E-state index in [2.05, 4.69) is 5.32 Å². The number of amides is 1. The van der Waals surface area contributed by atoms with Crippen LogP contribution in [0.2, 0.25) is 0 Å². The Balaban J connectivity index is 2.04. The molecule has 142 valence electrons. The van der Waals surface area contributed by atoms with Crippen LogP contribution in [-0.2, 0) is 14.6 Å². The van der Waals surface area contributed by atoms with E-state index in [1.807, 2.05) is 61.5 Å². The summed E-state index contributed by atoms with van der Waals surface area (Å²) in [7, 11) is -3.85. The van der Waals surface area contributed by atoms with E-state index in [9.17, 15) is 13.2 Å². The number of aryl methyl sites for hydroxylation is 1. The third-order valence-electron chi connectivity index (χ3n) is 4.56. The van der Waals surface area contributed by atoms with Gasteiger partial charge in [-0.05, 0) is 48.2 Å². The van der Waals surface area contributed by atoms with Gasteiger partial charge in [-0.25, -0.2) is 8.42 Å². The molecule has 3 aromatic carbocycles. The second-order valence-corrected chi connectivity index (χ2v) is 8.36. The van der Waals surface area contributed by atoms with Crippen molar-refractivity contribution in [1.29, 1.82) is 0 Å². The second kappa shape index (κ2) is 8.23. The smallest absolute Gasteiger partial charge is 0.222 e. The van der Waals surface area contributed by atoms with Crippen LogP contribution in [0.15, 0.2) is 88.8 Å². The summed E-state index contributed by atoms with van der Waals surface area (Å²) in [4.78, 5) is 11.3. The number of sulfone groups is 1. The molecule has 0 atom stereocenters. The lowest BCUT2D eigenvalue weighted by atomic mass is 10.0. The van der Waals surface area contributed by atoms with Crippen molar-refractivity contribution >= 4 is 21.8 Å². The van der Waals surface area contributed by atoms with Gasteiger partial charge in [0, 0.05) is 0 Å². The molecule has 0 fully saturated rings. The van der Waals surface area contributed by atoms with Gasteiger partial charge in [-0.3, -0.25) is 4.79 Å². The first-order chi connectivity index (χ1) is 13.4. The van der Waals surface area contributed by atoms with E-state index in [-0.39, 0.29) is 9.92 Å². The molecule has 0 aromatic heterocycles. The number of hydrogen-bond acceptors (Lipinski definition) is 3. The number of hydrogen-bond donors (Lipinski definition) is 1. The summed E-state index contributed by atoms with van der Waals surface area (Å²) in [5, 5.41) is 2.28. The average molecular weight is 391 g/mol. The van der Waals surface area contributed by atoms with Crippen molar-refractivity contribution in [3.63, 3.8) is 0 Å². The molecule has 0 heterocycles. The Bertz CT molecular complexity index is 1100. The minimum Gasteiger partial charge on any atom is -0.319 e. The number of rotatable bonds is 6. The Kier molecular flexibility index (Phi) is 5.76. The van der Waals surface area contributed by atoms with Crippen molar-refractivity contribution in [2.24, 2.45) is 0 Å². The van der Waals surface area contributed by atoms with Crippen molar-refractivity contribution in [3.8, 4) is 11.1 Å². The predicted octanol–water partition coefficient (Wildman–Crippen LogP) is 4.57. The van der Waals surface area contributed by atoms with E-state index in [0.29, 0.717) is 12.0 Å². The van der Waals surface area contributed by atoms with Gasteiger partial charge in [-0.15, -0.1) is 0 Å². The highest BCUT2D eigenvalue weighted by Gasteiger charge is 2.23. The summed E-state index contributed by atoms with van der Waals surface area (Å²) in [5.74, 6) is 0. The molecular formula is C23H21NO3S. The topological polar surface area (TPSA) is 63.2 Å². The van der Waals surface area contributed by atoms with Gasteiger partial charge in [-0.2, -0.15) is 0 Å². The van der Waals surface area contributed by atoms with Gasteiger partial charge in [0.2, 0.25) is 16.2 Å². The van der Waals surface area contributed by atoms with Gasteiger partial charge < -0.3 is 5.32 Å². The third-order valence-corrected chi connectivity index (χ3v) is 6.41. The Morgan fingerprint density at radius 3 is 1.96 bits per heavy atom. The molecular weight excluding hydrogens is 370 g/mol.